The Morgan fingerprint density at radius 1 is 1.16 bits per heavy atom. The maximum atomic E-state index is 12.4. The normalized spacial score (nSPS) is 14.1. The Bertz CT molecular complexity index is 704. The van der Waals surface area contributed by atoms with Gasteiger partial charge in [0.2, 0.25) is 0 Å². The number of hydrogen-bond acceptors (Lipinski definition) is 3. The van der Waals surface area contributed by atoms with Crippen LogP contribution in [-0.4, -0.2) is 14.9 Å². The summed E-state index contributed by atoms with van der Waals surface area (Å²) in [5.41, 5.74) is 0.554. The highest BCUT2D eigenvalue weighted by atomic mass is 32.2. The van der Waals surface area contributed by atoms with Crippen molar-refractivity contribution in [3.05, 3.63) is 62.8 Å². The van der Waals surface area contributed by atoms with Crippen LogP contribution >= 0.6 is 11.8 Å². The predicted molar refractivity (Wildman–Crippen MR) is 75.8 cm³/mol. The summed E-state index contributed by atoms with van der Waals surface area (Å²) in [6.45, 7) is 1.04. The van der Waals surface area contributed by atoms with Crippen molar-refractivity contribution in [2.75, 3.05) is 5.75 Å². The molecule has 3 rings (SSSR count). The van der Waals surface area contributed by atoms with Gasteiger partial charge in [0.15, 0.2) is 0 Å². The van der Waals surface area contributed by atoms with Crippen molar-refractivity contribution in [2.45, 2.75) is 24.5 Å². The van der Waals surface area contributed by atoms with Gasteiger partial charge in [0, 0.05) is 18.4 Å². The third-order valence-electron chi connectivity index (χ3n) is 3.20. The van der Waals surface area contributed by atoms with Gasteiger partial charge in [0.05, 0.1) is 11.6 Å². The molecule has 0 saturated heterocycles. The van der Waals surface area contributed by atoms with Crippen LogP contribution in [0.4, 0.5) is 0 Å². The van der Waals surface area contributed by atoms with Crippen LogP contribution in [0.5, 0.6) is 0 Å². The average Bonchev–Trinajstić information content (AvgIpc) is 2.45. The first-order chi connectivity index (χ1) is 9.25. The maximum absolute atomic E-state index is 12.4. The standard InChI is InChI=1S/C14H14N2O2S/c17-12-9-13-15(7-4-8-19-13)14(18)16(12)10-11-5-2-1-3-6-11/h1-3,5-6,9H,4,7-8,10H2. The van der Waals surface area contributed by atoms with E-state index in [2.05, 4.69) is 0 Å². The molecule has 5 heteroatoms. The molecule has 4 nitrogen and oxygen atoms in total. The van der Waals surface area contributed by atoms with Gasteiger partial charge in [-0.25, -0.2) is 4.79 Å². The lowest BCUT2D eigenvalue weighted by Gasteiger charge is -2.18. The molecule has 0 unspecified atom stereocenters. The zero-order valence-electron chi connectivity index (χ0n) is 10.4. The van der Waals surface area contributed by atoms with Crippen molar-refractivity contribution < 1.29 is 0 Å². The molecule has 0 atom stereocenters. The average molecular weight is 274 g/mol. The summed E-state index contributed by atoms with van der Waals surface area (Å²) in [7, 11) is 0. The van der Waals surface area contributed by atoms with E-state index >= 15 is 0 Å². The number of aromatic nitrogens is 2. The minimum absolute atomic E-state index is 0.196. The number of benzene rings is 1. The molecule has 0 N–H and O–H groups in total. The Hall–Kier alpha value is -1.75. The van der Waals surface area contributed by atoms with Crippen LogP contribution in [0.1, 0.15) is 12.0 Å². The summed E-state index contributed by atoms with van der Waals surface area (Å²) in [6.07, 6.45) is 0.973. The number of thioether (sulfide) groups is 1. The van der Waals surface area contributed by atoms with E-state index in [0.717, 1.165) is 22.8 Å². The van der Waals surface area contributed by atoms with Gasteiger partial charge in [-0.3, -0.25) is 13.9 Å². The van der Waals surface area contributed by atoms with Gasteiger partial charge in [-0.15, -0.1) is 11.8 Å². The lowest BCUT2D eigenvalue weighted by molar-refractivity contribution is 0.522. The summed E-state index contributed by atoms with van der Waals surface area (Å²) < 4.78 is 3.02. The van der Waals surface area contributed by atoms with Crippen molar-refractivity contribution in [3.63, 3.8) is 0 Å². The van der Waals surface area contributed by atoms with E-state index < -0.39 is 0 Å². The predicted octanol–water partition coefficient (Wildman–Crippen LogP) is 1.55. The fourth-order valence-corrected chi connectivity index (χ4v) is 3.22. The van der Waals surface area contributed by atoms with E-state index in [9.17, 15) is 9.59 Å². The van der Waals surface area contributed by atoms with E-state index in [0.29, 0.717) is 13.1 Å². The fraction of sp³-hybridized carbons (Fsp3) is 0.286. The van der Waals surface area contributed by atoms with Gasteiger partial charge >= 0.3 is 5.69 Å². The Balaban J connectivity index is 2.07. The molecule has 0 amide bonds. The van der Waals surface area contributed by atoms with Crippen LogP contribution in [-0.2, 0) is 13.1 Å². The zero-order chi connectivity index (χ0) is 13.2. The Morgan fingerprint density at radius 3 is 2.74 bits per heavy atom. The van der Waals surface area contributed by atoms with E-state index in [1.807, 2.05) is 30.3 Å². The number of rotatable bonds is 2. The summed E-state index contributed by atoms with van der Waals surface area (Å²) in [5, 5.41) is 0.797. The van der Waals surface area contributed by atoms with Crippen LogP contribution in [0, 0.1) is 0 Å². The Labute approximate surface area is 114 Å². The number of fused-ring (bicyclic) bond motifs is 1. The van der Waals surface area contributed by atoms with E-state index in [1.54, 1.807) is 22.4 Å². The van der Waals surface area contributed by atoms with Gasteiger partial charge < -0.3 is 0 Å². The van der Waals surface area contributed by atoms with Crippen LogP contribution in [0.2, 0.25) is 0 Å². The molecule has 1 aromatic heterocycles. The van der Waals surface area contributed by atoms with Gasteiger partial charge in [-0.05, 0) is 12.0 Å². The first kappa shape index (κ1) is 12.3. The molecule has 1 aromatic carbocycles. The molecule has 98 valence electrons. The van der Waals surface area contributed by atoms with Crippen molar-refractivity contribution in [1.82, 2.24) is 9.13 Å². The molecule has 19 heavy (non-hydrogen) atoms. The molecular formula is C14H14N2O2S. The molecule has 0 bridgehead atoms. The first-order valence-electron chi connectivity index (χ1n) is 6.27. The molecule has 0 fully saturated rings. The Morgan fingerprint density at radius 2 is 1.95 bits per heavy atom. The summed E-state index contributed by atoms with van der Waals surface area (Å²) >= 11 is 1.58. The van der Waals surface area contributed by atoms with Crippen LogP contribution in [0.15, 0.2) is 51.0 Å². The van der Waals surface area contributed by atoms with E-state index in [4.69, 9.17) is 0 Å². The fourth-order valence-electron chi connectivity index (χ4n) is 2.23. The third kappa shape index (κ3) is 2.38. The second-order valence-electron chi connectivity index (χ2n) is 4.53. The summed E-state index contributed by atoms with van der Waals surface area (Å²) in [5.74, 6) is 0.974. The SMILES string of the molecule is O=c1cc2n(c(=O)n1Cc1ccccc1)CCCS2. The monoisotopic (exact) mass is 274 g/mol. The summed E-state index contributed by atoms with van der Waals surface area (Å²) in [4.78, 5) is 24.4. The smallest absolute Gasteiger partial charge is 0.288 e. The highest BCUT2D eigenvalue weighted by Gasteiger charge is 2.15. The third-order valence-corrected chi connectivity index (χ3v) is 4.33. The van der Waals surface area contributed by atoms with E-state index in [1.165, 1.54) is 4.57 Å². The van der Waals surface area contributed by atoms with Gasteiger partial charge in [-0.1, -0.05) is 30.3 Å². The minimum Gasteiger partial charge on any atom is -0.288 e. The largest absolute Gasteiger partial charge is 0.332 e. The molecule has 0 spiro atoms. The van der Waals surface area contributed by atoms with Crippen molar-refractivity contribution in [1.29, 1.82) is 0 Å². The Kier molecular flexibility index (Phi) is 3.29. The zero-order valence-corrected chi connectivity index (χ0v) is 11.2. The van der Waals surface area contributed by atoms with Crippen molar-refractivity contribution >= 4 is 11.8 Å². The second-order valence-corrected chi connectivity index (χ2v) is 5.64. The topological polar surface area (TPSA) is 44.0 Å². The molecule has 1 aliphatic heterocycles. The number of nitrogens with zero attached hydrogens (tertiary/aromatic N) is 2. The van der Waals surface area contributed by atoms with E-state index in [-0.39, 0.29) is 11.2 Å². The first-order valence-corrected chi connectivity index (χ1v) is 7.26. The molecule has 2 aromatic rings. The molecule has 0 radical (unpaired) electrons. The lowest BCUT2D eigenvalue weighted by Crippen LogP contribution is -2.41. The van der Waals surface area contributed by atoms with Crippen LogP contribution in [0.25, 0.3) is 0 Å². The molecule has 1 aliphatic rings. The van der Waals surface area contributed by atoms with Crippen molar-refractivity contribution in [3.8, 4) is 0 Å². The molecule has 2 heterocycles. The molecule has 0 aliphatic carbocycles. The quantitative estimate of drug-likeness (QED) is 0.781. The minimum atomic E-state index is -0.213. The molecular weight excluding hydrogens is 260 g/mol. The van der Waals surface area contributed by atoms with Gasteiger partial charge in [0.25, 0.3) is 5.56 Å². The van der Waals surface area contributed by atoms with Crippen LogP contribution in [0.3, 0.4) is 0 Å². The summed E-state index contributed by atoms with van der Waals surface area (Å²) in [6, 6.07) is 11.2. The lowest BCUT2D eigenvalue weighted by atomic mass is 10.2. The highest BCUT2D eigenvalue weighted by molar-refractivity contribution is 7.99. The van der Waals surface area contributed by atoms with Crippen molar-refractivity contribution in [2.24, 2.45) is 0 Å². The van der Waals surface area contributed by atoms with Crippen LogP contribution < -0.4 is 11.2 Å². The maximum Gasteiger partial charge on any atom is 0.332 e. The number of hydrogen-bond donors (Lipinski definition) is 0. The highest BCUT2D eigenvalue weighted by Crippen LogP contribution is 2.20. The molecule has 0 saturated carbocycles. The van der Waals surface area contributed by atoms with Gasteiger partial charge in [-0.2, -0.15) is 0 Å². The van der Waals surface area contributed by atoms with Gasteiger partial charge in [0.1, 0.15) is 0 Å². The second kappa shape index (κ2) is 5.09.